The molecule has 3 aromatic carbocycles. The lowest BCUT2D eigenvalue weighted by atomic mass is 9.95. The summed E-state index contributed by atoms with van der Waals surface area (Å²) in [6.45, 7) is 1.85. The number of aryl methyl sites for hydroxylation is 1. The molecule has 0 aliphatic heterocycles. The molecule has 10 heteroatoms. The van der Waals surface area contributed by atoms with E-state index in [9.17, 15) is 14.4 Å². The molecule has 228 valence electrons. The number of amides is 2. The summed E-state index contributed by atoms with van der Waals surface area (Å²) in [7, 11) is 4.68. The number of thioether (sulfide) groups is 1. The van der Waals surface area contributed by atoms with Crippen LogP contribution in [0, 0.1) is 0 Å². The Morgan fingerprint density at radius 2 is 1.74 bits per heavy atom. The fraction of sp³-hybridized carbons (Fsp3) is 0.364. The van der Waals surface area contributed by atoms with Crippen LogP contribution in [-0.2, 0) is 22.6 Å². The Labute approximate surface area is 256 Å². The van der Waals surface area contributed by atoms with Crippen molar-refractivity contribution in [2.75, 3.05) is 38.7 Å². The summed E-state index contributed by atoms with van der Waals surface area (Å²) < 4.78 is 17.1. The van der Waals surface area contributed by atoms with E-state index < -0.39 is 12.1 Å². The van der Waals surface area contributed by atoms with Gasteiger partial charge in [-0.2, -0.15) is 11.8 Å². The first-order valence-electron chi connectivity index (χ1n) is 14.2. The van der Waals surface area contributed by atoms with Crippen molar-refractivity contribution in [1.82, 2.24) is 10.6 Å². The first kappa shape index (κ1) is 31.7. The molecule has 0 bridgehead atoms. The molecule has 0 unspecified atom stereocenters. The minimum absolute atomic E-state index is 0.189. The van der Waals surface area contributed by atoms with Gasteiger partial charge in [-0.15, -0.1) is 0 Å². The van der Waals surface area contributed by atoms with Crippen molar-refractivity contribution in [2.45, 2.75) is 44.8 Å². The van der Waals surface area contributed by atoms with Crippen molar-refractivity contribution >= 4 is 29.3 Å². The van der Waals surface area contributed by atoms with Gasteiger partial charge in [0.05, 0.1) is 33.1 Å². The molecule has 0 fully saturated rings. The van der Waals surface area contributed by atoms with E-state index in [1.807, 2.05) is 48.7 Å². The van der Waals surface area contributed by atoms with E-state index >= 15 is 0 Å². The average molecular weight is 606 g/mol. The van der Waals surface area contributed by atoms with Crippen LogP contribution in [0.4, 0.5) is 5.69 Å². The standard InChI is InChI=1S/C33H39N3O6S/c1-20(37)35-25-13-11-22-17-29(40-2)31(41-3)32(42-4)30(22)23-12-14-26(28(38)18-24(23)25)36-27(15-16-43-5)33(39)34-19-21-9-7-6-8-10-21/h6-10,12,14,17-18,25,27H,11,13,15-16,19H2,1-5H3,(H,34,39)(H,35,37)(H,36,38)/t25-,27-/m0/s1. The number of anilines is 1. The molecule has 0 radical (unpaired) electrons. The van der Waals surface area contributed by atoms with Gasteiger partial charge >= 0.3 is 0 Å². The van der Waals surface area contributed by atoms with Gasteiger partial charge in [-0.05, 0) is 71.7 Å². The Morgan fingerprint density at radius 3 is 2.40 bits per heavy atom. The summed E-state index contributed by atoms with van der Waals surface area (Å²) in [5.41, 5.74) is 4.08. The molecular weight excluding hydrogens is 566 g/mol. The van der Waals surface area contributed by atoms with Gasteiger partial charge < -0.3 is 30.2 Å². The number of fused-ring (bicyclic) bond motifs is 3. The fourth-order valence-electron chi connectivity index (χ4n) is 5.43. The number of carbonyl (C=O) groups excluding carboxylic acids is 2. The van der Waals surface area contributed by atoms with Crippen LogP contribution in [0.1, 0.15) is 42.5 Å². The lowest BCUT2D eigenvalue weighted by Crippen LogP contribution is -2.40. The van der Waals surface area contributed by atoms with Gasteiger partial charge in [-0.1, -0.05) is 36.4 Å². The van der Waals surface area contributed by atoms with Crippen molar-refractivity contribution in [2.24, 2.45) is 0 Å². The van der Waals surface area contributed by atoms with Crippen LogP contribution in [0.25, 0.3) is 11.1 Å². The van der Waals surface area contributed by atoms with Gasteiger partial charge in [0.25, 0.3) is 0 Å². The molecule has 2 atom stereocenters. The number of hydrogen-bond acceptors (Lipinski definition) is 8. The topological polar surface area (TPSA) is 115 Å². The quantitative estimate of drug-likeness (QED) is 0.272. The maximum absolute atomic E-state index is 13.7. The summed E-state index contributed by atoms with van der Waals surface area (Å²) in [5.74, 6) is 1.79. The second-order valence-electron chi connectivity index (χ2n) is 10.3. The zero-order chi connectivity index (χ0) is 30.9. The van der Waals surface area contributed by atoms with E-state index in [0.29, 0.717) is 48.6 Å². The van der Waals surface area contributed by atoms with Gasteiger partial charge in [0.15, 0.2) is 11.5 Å². The zero-order valence-corrected chi connectivity index (χ0v) is 26.1. The van der Waals surface area contributed by atoms with Crippen LogP contribution < -0.4 is 35.6 Å². The van der Waals surface area contributed by atoms with Crippen LogP contribution in [0.15, 0.2) is 59.4 Å². The first-order valence-corrected chi connectivity index (χ1v) is 15.5. The normalized spacial score (nSPS) is 14.3. The van der Waals surface area contributed by atoms with E-state index in [4.69, 9.17) is 14.2 Å². The molecule has 0 saturated carbocycles. The number of ether oxygens (including phenoxy) is 3. The number of hydrogen-bond donors (Lipinski definition) is 3. The Morgan fingerprint density at radius 1 is 1.00 bits per heavy atom. The molecule has 9 nitrogen and oxygen atoms in total. The minimum atomic E-state index is -0.622. The van der Waals surface area contributed by atoms with Crippen molar-refractivity contribution < 1.29 is 23.8 Å². The molecule has 4 rings (SSSR count). The summed E-state index contributed by atoms with van der Waals surface area (Å²) in [6, 6.07) is 15.7. The highest BCUT2D eigenvalue weighted by Gasteiger charge is 2.30. The van der Waals surface area contributed by atoms with Crippen molar-refractivity contribution in [3.63, 3.8) is 0 Å². The maximum atomic E-state index is 13.7. The molecule has 43 heavy (non-hydrogen) atoms. The Kier molecular flexibility index (Phi) is 10.9. The number of benzene rings is 2. The monoisotopic (exact) mass is 605 g/mol. The van der Waals surface area contributed by atoms with Crippen molar-refractivity contribution in [1.29, 1.82) is 0 Å². The maximum Gasteiger partial charge on any atom is 0.242 e. The number of nitrogens with one attached hydrogen (secondary N) is 3. The molecular formula is C33H39N3O6S. The molecule has 0 heterocycles. The van der Waals surface area contributed by atoms with E-state index in [0.717, 1.165) is 28.0 Å². The van der Waals surface area contributed by atoms with Gasteiger partial charge in [0.1, 0.15) is 6.04 Å². The highest BCUT2D eigenvalue weighted by Crippen LogP contribution is 2.50. The lowest BCUT2D eigenvalue weighted by Gasteiger charge is -2.19. The number of carbonyl (C=O) groups is 2. The molecule has 2 amide bonds. The Bertz CT molecular complexity index is 1510. The van der Waals surface area contributed by atoms with Gasteiger partial charge in [0, 0.05) is 19.0 Å². The van der Waals surface area contributed by atoms with Crippen LogP contribution in [0.5, 0.6) is 17.2 Å². The third-order valence-electron chi connectivity index (χ3n) is 7.48. The van der Waals surface area contributed by atoms with Gasteiger partial charge in [-0.25, -0.2) is 0 Å². The second-order valence-corrected chi connectivity index (χ2v) is 11.3. The van der Waals surface area contributed by atoms with E-state index in [1.165, 1.54) is 6.92 Å². The highest BCUT2D eigenvalue weighted by molar-refractivity contribution is 7.98. The molecule has 1 aliphatic rings. The molecule has 3 aromatic rings. The van der Waals surface area contributed by atoms with Crippen LogP contribution in [0.2, 0.25) is 0 Å². The van der Waals surface area contributed by atoms with Crippen molar-refractivity contribution in [3.05, 3.63) is 81.5 Å². The summed E-state index contributed by atoms with van der Waals surface area (Å²) in [5, 5.41) is 9.24. The Hall–Kier alpha value is -4.18. The van der Waals surface area contributed by atoms with Gasteiger partial charge in [-0.3, -0.25) is 14.4 Å². The van der Waals surface area contributed by atoms with E-state index in [1.54, 1.807) is 45.2 Å². The third-order valence-corrected chi connectivity index (χ3v) is 8.13. The zero-order valence-electron chi connectivity index (χ0n) is 25.2. The van der Waals surface area contributed by atoms with Gasteiger partial charge in [0.2, 0.25) is 23.0 Å². The third kappa shape index (κ3) is 7.43. The lowest BCUT2D eigenvalue weighted by molar-refractivity contribution is -0.122. The largest absolute Gasteiger partial charge is 0.493 e. The molecule has 0 spiro atoms. The average Bonchev–Trinajstić information content (AvgIpc) is 3.25. The summed E-state index contributed by atoms with van der Waals surface area (Å²) >= 11 is 1.63. The molecule has 0 saturated heterocycles. The summed E-state index contributed by atoms with van der Waals surface area (Å²) in [6.07, 6.45) is 3.67. The van der Waals surface area contributed by atoms with Crippen LogP contribution in [-0.4, -0.2) is 51.2 Å². The van der Waals surface area contributed by atoms with Crippen LogP contribution >= 0.6 is 11.8 Å². The van der Waals surface area contributed by atoms with E-state index in [2.05, 4.69) is 16.0 Å². The number of methoxy groups -OCH3 is 3. The predicted molar refractivity (Wildman–Crippen MR) is 171 cm³/mol. The molecule has 0 aromatic heterocycles. The highest BCUT2D eigenvalue weighted by atomic mass is 32.2. The predicted octanol–water partition coefficient (Wildman–Crippen LogP) is 4.71. The van der Waals surface area contributed by atoms with Crippen molar-refractivity contribution in [3.8, 4) is 28.4 Å². The molecule has 1 aliphatic carbocycles. The minimum Gasteiger partial charge on any atom is -0.493 e. The SMILES string of the molecule is COc1cc2c(c(OC)c1OC)-c1ccc(N[C@@H](CCSC)C(=O)NCc3ccccc3)c(=O)cc1[C@@H](NC(C)=O)CC2. The molecule has 3 N–H and O–H groups in total. The summed E-state index contributed by atoms with van der Waals surface area (Å²) in [4.78, 5) is 39.3. The smallest absolute Gasteiger partial charge is 0.242 e. The van der Waals surface area contributed by atoms with E-state index in [-0.39, 0.29) is 22.9 Å². The fourth-order valence-corrected chi connectivity index (χ4v) is 5.90. The first-order chi connectivity index (χ1) is 20.8. The number of rotatable bonds is 12. The van der Waals surface area contributed by atoms with Crippen LogP contribution in [0.3, 0.4) is 0 Å². The second kappa shape index (κ2) is 14.8. The Balaban J connectivity index is 1.80.